The minimum atomic E-state index is -0.491. The fourth-order valence-corrected chi connectivity index (χ4v) is 1.38. The lowest BCUT2D eigenvalue weighted by molar-refractivity contribution is -0.147. The molecule has 0 atom stereocenters. The normalized spacial score (nSPS) is 18.0. The van der Waals surface area contributed by atoms with Gasteiger partial charge in [-0.3, -0.25) is 0 Å². The van der Waals surface area contributed by atoms with E-state index in [4.69, 9.17) is 9.47 Å². The number of ether oxygens (including phenoxy) is 3. The van der Waals surface area contributed by atoms with Crippen molar-refractivity contribution >= 4 is 5.97 Å². The number of esters is 1. The van der Waals surface area contributed by atoms with Crippen molar-refractivity contribution in [3.8, 4) is 11.8 Å². The number of carbonyl (C=O) groups is 1. The fourth-order valence-electron chi connectivity index (χ4n) is 1.38. The summed E-state index contributed by atoms with van der Waals surface area (Å²) in [6.45, 7) is 3.24. The van der Waals surface area contributed by atoms with Gasteiger partial charge in [0.1, 0.15) is 0 Å². The maximum atomic E-state index is 10.6. The quantitative estimate of drug-likeness (QED) is 0.304. The Balaban J connectivity index is 2.15. The topological polar surface area (TPSA) is 44.8 Å². The molecular weight excluding hydrogens is 196 g/mol. The van der Waals surface area contributed by atoms with Crippen LogP contribution in [0.2, 0.25) is 0 Å². The van der Waals surface area contributed by atoms with Crippen LogP contribution in [0, 0.1) is 11.8 Å². The van der Waals surface area contributed by atoms with Crippen LogP contribution >= 0.6 is 0 Å². The van der Waals surface area contributed by atoms with Crippen molar-refractivity contribution < 1.29 is 19.0 Å². The molecule has 0 N–H and O–H groups in total. The lowest BCUT2D eigenvalue weighted by Crippen LogP contribution is -2.24. The van der Waals surface area contributed by atoms with Crippen molar-refractivity contribution in [1.29, 1.82) is 0 Å². The van der Waals surface area contributed by atoms with Crippen LogP contribution in [0.1, 0.15) is 26.2 Å². The van der Waals surface area contributed by atoms with Crippen LogP contribution in [-0.2, 0) is 19.0 Å². The Morgan fingerprint density at radius 1 is 1.47 bits per heavy atom. The standard InChI is InChI=1S/C11H16O4/c1-11(14-8-9-15-11)7-5-3-4-6-10(12)13-2/h3,5,7-9H2,1-2H3. The molecule has 0 aliphatic carbocycles. The second kappa shape index (κ2) is 5.74. The summed E-state index contributed by atoms with van der Waals surface area (Å²) in [5, 5.41) is 0. The Morgan fingerprint density at radius 3 is 2.73 bits per heavy atom. The molecule has 0 aromatic heterocycles. The SMILES string of the molecule is COC(=O)C#CCCCC1(C)OCCO1. The van der Waals surface area contributed by atoms with E-state index in [9.17, 15) is 4.79 Å². The minimum absolute atomic E-state index is 0.451. The van der Waals surface area contributed by atoms with Crippen LogP contribution in [0.25, 0.3) is 0 Å². The summed E-state index contributed by atoms with van der Waals surface area (Å²) in [6, 6.07) is 0. The Kier molecular flexibility index (Phi) is 4.60. The summed E-state index contributed by atoms with van der Waals surface area (Å²) in [7, 11) is 1.32. The highest BCUT2D eigenvalue weighted by atomic mass is 16.7. The van der Waals surface area contributed by atoms with Gasteiger partial charge >= 0.3 is 5.97 Å². The predicted molar refractivity (Wildman–Crippen MR) is 54.0 cm³/mol. The third kappa shape index (κ3) is 4.32. The zero-order valence-electron chi connectivity index (χ0n) is 9.17. The molecule has 0 amide bonds. The Labute approximate surface area is 89.9 Å². The van der Waals surface area contributed by atoms with Gasteiger partial charge in [0, 0.05) is 18.8 Å². The molecule has 84 valence electrons. The van der Waals surface area contributed by atoms with Crippen LogP contribution in [0.15, 0.2) is 0 Å². The third-order valence-corrected chi connectivity index (χ3v) is 2.21. The van der Waals surface area contributed by atoms with Gasteiger partial charge in [0.25, 0.3) is 0 Å². The summed E-state index contributed by atoms with van der Waals surface area (Å²) < 4.78 is 15.2. The highest BCUT2D eigenvalue weighted by Crippen LogP contribution is 2.24. The van der Waals surface area contributed by atoms with Crippen molar-refractivity contribution in [1.82, 2.24) is 0 Å². The first kappa shape index (κ1) is 12.0. The van der Waals surface area contributed by atoms with Crippen LogP contribution in [0.4, 0.5) is 0 Å². The fraction of sp³-hybridized carbons (Fsp3) is 0.727. The first-order valence-electron chi connectivity index (χ1n) is 5.01. The molecule has 15 heavy (non-hydrogen) atoms. The Morgan fingerprint density at radius 2 is 2.13 bits per heavy atom. The highest BCUT2D eigenvalue weighted by Gasteiger charge is 2.29. The van der Waals surface area contributed by atoms with Gasteiger partial charge in [-0.05, 0) is 13.3 Å². The zero-order valence-corrected chi connectivity index (χ0v) is 9.17. The van der Waals surface area contributed by atoms with E-state index >= 15 is 0 Å². The number of hydrogen-bond acceptors (Lipinski definition) is 4. The predicted octanol–water partition coefficient (Wildman–Crippen LogP) is 1.10. The molecule has 1 heterocycles. The van der Waals surface area contributed by atoms with Gasteiger partial charge in [0.05, 0.1) is 20.3 Å². The van der Waals surface area contributed by atoms with Gasteiger partial charge < -0.3 is 14.2 Å². The molecule has 0 saturated carbocycles. The van der Waals surface area contributed by atoms with Gasteiger partial charge in [-0.15, -0.1) is 0 Å². The zero-order chi connectivity index (χ0) is 11.1. The van der Waals surface area contributed by atoms with Crippen molar-refractivity contribution in [3.05, 3.63) is 0 Å². The molecule has 1 rings (SSSR count). The minimum Gasteiger partial charge on any atom is -0.459 e. The molecular formula is C11H16O4. The number of carbonyl (C=O) groups excluding carboxylic acids is 1. The van der Waals surface area contributed by atoms with Crippen molar-refractivity contribution in [3.63, 3.8) is 0 Å². The van der Waals surface area contributed by atoms with Crippen molar-refractivity contribution in [2.75, 3.05) is 20.3 Å². The van der Waals surface area contributed by atoms with Crippen LogP contribution < -0.4 is 0 Å². The van der Waals surface area contributed by atoms with Gasteiger partial charge in [0.2, 0.25) is 0 Å². The molecule has 1 aliphatic rings. The van der Waals surface area contributed by atoms with Gasteiger partial charge in [-0.25, -0.2) is 4.79 Å². The first-order valence-corrected chi connectivity index (χ1v) is 5.01. The van der Waals surface area contributed by atoms with Gasteiger partial charge in [-0.1, -0.05) is 5.92 Å². The summed E-state index contributed by atoms with van der Waals surface area (Å²) in [5.41, 5.74) is 0. The van der Waals surface area contributed by atoms with E-state index in [1.165, 1.54) is 7.11 Å². The highest BCUT2D eigenvalue weighted by molar-refractivity contribution is 5.88. The first-order chi connectivity index (χ1) is 7.16. The molecule has 1 fully saturated rings. The third-order valence-electron chi connectivity index (χ3n) is 2.21. The monoisotopic (exact) mass is 212 g/mol. The van der Waals surface area contributed by atoms with E-state index in [0.29, 0.717) is 19.6 Å². The number of rotatable bonds is 3. The van der Waals surface area contributed by atoms with E-state index in [2.05, 4.69) is 16.6 Å². The Hall–Kier alpha value is -1.05. The van der Waals surface area contributed by atoms with Gasteiger partial charge in [-0.2, -0.15) is 0 Å². The maximum Gasteiger partial charge on any atom is 0.384 e. The smallest absolute Gasteiger partial charge is 0.384 e. The van der Waals surface area contributed by atoms with E-state index < -0.39 is 11.8 Å². The second-order valence-corrected chi connectivity index (χ2v) is 3.48. The van der Waals surface area contributed by atoms with Crippen molar-refractivity contribution in [2.45, 2.75) is 32.0 Å². The molecule has 0 radical (unpaired) electrons. The number of unbranched alkanes of at least 4 members (excludes halogenated alkanes) is 1. The largest absolute Gasteiger partial charge is 0.459 e. The van der Waals surface area contributed by atoms with E-state index in [1.54, 1.807) is 0 Å². The summed E-state index contributed by atoms with van der Waals surface area (Å²) in [6.07, 6.45) is 2.29. The number of methoxy groups -OCH3 is 1. The van der Waals surface area contributed by atoms with Crippen molar-refractivity contribution in [2.24, 2.45) is 0 Å². The summed E-state index contributed by atoms with van der Waals surface area (Å²) in [5.74, 6) is 4.18. The van der Waals surface area contributed by atoms with Crippen LogP contribution in [0.3, 0.4) is 0 Å². The maximum absolute atomic E-state index is 10.6. The Bertz CT molecular complexity index is 268. The van der Waals surface area contributed by atoms with E-state index in [-0.39, 0.29) is 0 Å². The van der Waals surface area contributed by atoms with E-state index in [1.807, 2.05) is 6.92 Å². The molecule has 1 aliphatic heterocycles. The van der Waals surface area contributed by atoms with E-state index in [0.717, 1.165) is 12.8 Å². The molecule has 0 bridgehead atoms. The second-order valence-electron chi connectivity index (χ2n) is 3.48. The summed E-state index contributed by atoms with van der Waals surface area (Å²) in [4.78, 5) is 10.6. The lowest BCUT2D eigenvalue weighted by atomic mass is 10.1. The average molecular weight is 212 g/mol. The van der Waals surface area contributed by atoms with Crippen LogP contribution in [-0.4, -0.2) is 32.1 Å². The number of hydrogen-bond donors (Lipinski definition) is 0. The summed E-state index contributed by atoms with van der Waals surface area (Å²) >= 11 is 0. The molecule has 0 aromatic carbocycles. The molecule has 0 aromatic rings. The molecule has 4 nitrogen and oxygen atoms in total. The molecule has 4 heteroatoms. The molecule has 1 saturated heterocycles. The average Bonchev–Trinajstić information content (AvgIpc) is 2.64. The van der Waals surface area contributed by atoms with Crippen LogP contribution in [0.5, 0.6) is 0 Å². The molecule has 0 spiro atoms. The molecule has 0 unspecified atom stereocenters. The lowest BCUT2D eigenvalue weighted by Gasteiger charge is -2.21. The van der Waals surface area contributed by atoms with Gasteiger partial charge in [0.15, 0.2) is 5.79 Å².